The van der Waals surface area contributed by atoms with E-state index in [9.17, 15) is 13.2 Å². The normalized spacial score (nSPS) is 12.8. The van der Waals surface area contributed by atoms with Gasteiger partial charge in [0.05, 0.1) is 6.10 Å². The van der Waals surface area contributed by atoms with Gasteiger partial charge in [-0.3, -0.25) is 0 Å². The van der Waals surface area contributed by atoms with Crippen molar-refractivity contribution in [3.63, 3.8) is 0 Å². The molecule has 0 aliphatic heterocycles. The molecule has 1 radical (unpaired) electrons. The lowest BCUT2D eigenvalue weighted by atomic mass is 10.0. The Bertz CT molecular complexity index is 350. The van der Waals surface area contributed by atoms with Gasteiger partial charge in [0.25, 0.3) is 0 Å². The van der Waals surface area contributed by atoms with E-state index in [0.717, 1.165) is 6.07 Å². The standard InChI is InChI=1S/C12H14F3O/c1-8(16)4-2-3-5-9-6-11(14)12(15)7-10(9)13/h6-8,16H,1-5H2. The topological polar surface area (TPSA) is 20.2 Å². The van der Waals surface area contributed by atoms with Crippen molar-refractivity contribution in [3.05, 3.63) is 42.1 Å². The number of benzene rings is 1. The smallest absolute Gasteiger partial charge is 0.161 e. The quantitative estimate of drug-likeness (QED) is 0.610. The van der Waals surface area contributed by atoms with Crippen LogP contribution in [0.4, 0.5) is 13.2 Å². The fraction of sp³-hybridized carbons (Fsp3) is 0.417. The maximum absolute atomic E-state index is 13.1. The molecule has 0 heterocycles. The second-order valence-corrected chi connectivity index (χ2v) is 3.76. The molecule has 0 amide bonds. The van der Waals surface area contributed by atoms with Gasteiger partial charge in [0.15, 0.2) is 11.6 Å². The van der Waals surface area contributed by atoms with Crippen LogP contribution in [0.1, 0.15) is 24.8 Å². The predicted molar refractivity (Wildman–Crippen MR) is 55.2 cm³/mol. The van der Waals surface area contributed by atoms with Crippen LogP contribution in [0.2, 0.25) is 0 Å². The van der Waals surface area contributed by atoms with Gasteiger partial charge in [0.2, 0.25) is 0 Å². The van der Waals surface area contributed by atoms with Crippen molar-refractivity contribution in [1.29, 1.82) is 0 Å². The van der Waals surface area contributed by atoms with Crippen LogP contribution in [0, 0.1) is 24.4 Å². The summed E-state index contributed by atoms with van der Waals surface area (Å²) < 4.78 is 38.6. The Labute approximate surface area is 92.9 Å². The summed E-state index contributed by atoms with van der Waals surface area (Å²) in [5, 5.41) is 8.89. The number of aliphatic hydroxyl groups is 1. The zero-order chi connectivity index (χ0) is 12.1. The molecule has 1 atom stereocenters. The lowest BCUT2D eigenvalue weighted by molar-refractivity contribution is 0.206. The molecule has 0 aromatic heterocycles. The molecule has 0 bridgehead atoms. The fourth-order valence-corrected chi connectivity index (χ4v) is 1.45. The first-order valence-electron chi connectivity index (χ1n) is 5.15. The van der Waals surface area contributed by atoms with Crippen LogP contribution in [-0.4, -0.2) is 11.2 Å². The summed E-state index contributed by atoms with van der Waals surface area (Å²) in [7, 11) is 0. The Morgan fingerprint density at radius 3 is 2.31 bits per heavy atom. The number of hydrogen-bond acceptors (Lipinski definition) is 1. The Kier molecular flexibility index (Phi) is 4.80. The molecule has 1 aromatic carbocycles. The first-order valence-corrected chi connectivity index (χ1v) is 5.15. The van der Waals surface area contributed by atoms with Gasteiger partial charge in [0.1, 0.15) is 5.82 Å². The molecule has 0 saturated heterocycles. The van der Waals surface area contributed by atoms with Gasteiger partial charge in [0, 0.05) is 6.07 Å². The second-order valence-electron chi connectivity index (χ2n) is 3.76. The van der Waals surface area contributed by atoms with Crippen LogP contribution in [0.15, 0.2) is 12.1 Å². The highest BCUT2D eigenvalue weighted by Crippen LogP contribution is 2.16. The molecule has 16 heavy (non-hydrogen) atoms. The largest absolute Gasteiger partial charge is 0.393 e. The van der Waals surface area contributed by atoms with E-state index in [-0.39, 0.29) is 5.56 Å². The van der Waals surface area contributed by atoms with Crippen molar-refractivity contribution in [2.45, 2.75) is 31.8 Å². The van der Waals surface area contributed by atoms with Crippen LogP contribution < -0.4 is 0 Å². The molecule has 0 aliphatic carbocycles. The molecular weight excluding hydrogens is 217 g/mol. The first-order chi connectivity index (χ1) is 7.50. The molecule has 1 aromatic rings. The summed E-state index contributed by atoms with van der Waals surface area (Å²) in [5.74, 6) is -2.93. The van der Waals surface area contributed by atoms with Gasteiger partial charge >= 0.3 is 0 Å². The summed E-state index contributed by atoms with van der Waals surface area (Å²) in [6.07, 6.45) is 1.49. The Morgan fingerprint density at radius 2 is 1.69 bits per heavy atom. The Hall–Kier alpha value is -1.03. The van der Waals surface area contributed by atoms with Crippen molar-refractivity contribution < 1.29 is 18.3 Å². The summed E-state index contributed by atoms with van der Waals surface area (Å²) in [5.41, 5.74) is 0.164. The molecule has 1 unspecified atom stereocenters. The molecule has 4 heteroatoms. The van der Waals surface area contributed by atoms with E-state index in [4.69, 9.17) is 5.11 Å². The molecule has 0 fully saturated rings. The van der Waals surface area contributed by atoms with Gasteiger partial charge in [-0.25, -0.2) is 13.2 Å². The average molecular weight is 231 g/mol. The van der Waals surface area contributed by atoms with Crippen molar-refractivity contribution in [3.8, 4) is 0 Å². The highest BCUT2D eigenvalue weighted by Gasteiger charge is 2.09. The van der Waals surface area contributed by atoms with Crippen LogP contribution in [0.3, 0.4) is 0 Å². The number of aryl methyl sites for hydroxylation is 1. The van der Waals surface area contributed by atoms with Crippen LogP contribution in [0.25, 0.3) is 0 Å². The molecule has 1 nitrogen and oxygen atoms in total. The SMILES string of the molecule is [CH2]C(O)CCCCc1cc(F)c(F)cc1F. The number of hydrogen-bond donors (Lipinski definition) is 1. The maximum atomic E-state index is 13.1. The zero-order valence-electron chi connectivity index (χ0n) is 8.85. The average Bonchev–Trinajstić information content (AvgIpc) is 2.19. The summed E-state index contributed by atoms with van der Waals surface area (Å²) in [6.45, 7) is 3.40. The summed E-state index contributed by atoms with van der Waals surface area (Å²) >= 11 is 0. The number of halogens is 3. The van der Waals surface area contributed by atoms with Crippen LogP contribution in [-0.2, 0) is 6.42 Å². The molecule has 0 saturated carbocycles. The third kappa shape index (κ3) is 3.85. The van der Waals surface area contributed by atoms with Crippen molar-refractivity contribution in [2.24, 2.45) is 0 Å². The first kappa shape index (κ1) is 13.0. The highest BCUT2D eigenvalue weighted by atomic mass is 19.2. The van der Waals surface area contributed by atoms with E-state index in [1.807, 2.05) is 0 Å². The third-order valence-corrected chi connectivity index (χ3v) is 2.32. The summed E-state index contributed by atoms with van der Waals surface area (Å²) in [6, 6.07) is 1.44. The van der Waals surface area contributed by atoms with Gasteiger partial charge < -0.3 is 5.11 Å². The number of rotatable bonds is 5. The highest BCUT2D eigenvalue weighted by molar-refractivity contribution is 5.20. The minimum Gasteiger partial charge on any atom is -0.393 e. The Balaban J connectivity index is 2.51. The molecule has 1 N–H and O–H groups in total. The third-order valence-electron chi connectivity index (χ3n) is 2.32. The maximum Gasteiger partial charge on any atom is 0.161 e. The number of aliphatic hydroxyl groups excluding tert-OH is 1. The van der Waals surface area contributed by atoms with E-state index in [1.165, 1.54) is 0 Å². The van der Waals surface area contributed by atoms with Gasteiger partial charge in [-0.1, -0.05) is 6.42 Å². The molecular formula is C12H14F3O. The fourth-order valence-electron chi connectivity index (χ4n) is 1.45. The second kappa shape index (κ2) is 5.89. The van der Waals surface area contributed by atoms with Crippen molar-refractivity contribution in [1.82, 2.24) is 0 Å². The molecule has 1 rings (SSSR count). The summed E-state index contributed by atoms with van der Waals surface area (Å²) in [4.78, 5) is 0. The minimum atomic E-state index is -1.17. The molecule has 0 aliphatic rings. The van der Waals surface area contributed by atoms with E-state index in [0.29, 0.717) is 31.7 Å². The van der Waals surface area contributed by atoms with E-state index < -0.39 is 23.6 Å². The van der Waals surface area contributed by atoms with E-state index in [2.05, 4.69) is 6.92 Å². The monoisotopic (exact) mass is 231 g/mol. The van der Waals surface area contributed by atoms with Crippen molar-refractivity contribution >= 4 is 0 Å². The van der Waals surface area contributed by atoms with Crippen LogP contribution >= 0.6 is 0 Å². The zero-order valence-corrected chi connectivity index (χ0v) is 8.85. The van der Waals surface area contributed by atoms with Gasteiger partial charge in [-0.05, 0) is 37.8 Å². The van der Waals surface area contributed by atoms with Gasteiger partial charge in [-0.2, -0.15) is 0 Å². The lowest BCUT2D eigenvalue weighted by Gasteiger charge is -2.05. The minimum absolute atomic E-state index is 0.164. The number of unbranched alkanes of at least 4 members (excludes halogenated alkanes) is 1. The van der Waals surface area contributed by atoms with Crippen LogP contribution in [0.5, 0.6) is 0 Å². The lowest BCUT2D eigenvalue weighted by Crippen LogP contribution is -2.00. The Morgan fingerprint density at radius 1 is 1.06 bits per heavy atom. The van der Waals surface area contributed by atoms with Crippen molar-refractivity contribution in [2.75, 3.05) is 0 Å². The van der Waals surface area contributed by atoms with Gasteiger partial charge in [-0.15, -0.1) is 0 Å². The molecule has 0 spiro atoms. The predicted octanol–water partition coefficient (Wildman–Crippen LogP) is 3.01. The molecule has 89 valence electrons. The van der Waals surface area contributed by atoms with E-state index >= 15 is 0 Å². The van der Waals surface area contributed by atoms with E-state index in [1.54, 1.807) is 0 Å².